The summed E-state index contributed by atoms with van der Waals surface area (Å²) in [6.45, 7) is 5.02. The van der Waals surface area contributed by atoms with Crippen molar-refractivity contribution in [3.05, 3.63) is 71.2 Å². The number of amides is 1. The summed E-state index contributed by atoms with van der Waals surface area (Å²) in [5.41, 5.74) is 2.00. The lowest BCUT2D eigenvalue weighted by Crippen LogP contribution is -2.37. The van der Waals surface area contributed by atoms with Gasteiger partial charge in [0.25, 0.3) is 5.91 Å². The van der Waals surface area contributed by atoms with E-state index in [0.717, 1.165) is 10.9 Å². The predicted molar refractivity (Wildman–Crippen MR) is 98.8 cm³/mol. The fourth-order valence-corrected chi connectivity index (χ4v) is 2.80. The van der Waals surface area contributed by atoms with E-state index in [9.17, 15) is 14.0 Å². The van der Waals surface area contributed by atoms with Crippen LogP contribution >= 0.6 is 0 Å². The zero-order chi connectivity index (χ0) is 19.6. The van der Waals surface area contributed by atoms with E-state index in [1.165, 1.54) is 19.1 Å². The Bertz CT molecular complexity index is 978. The average Bonchev–Trinajstić information content (AvgIpc) is 2.99. The molecule has 1 N–H and O–H groups in total. The number of benzene rings is 2. The van der Waals surface area contributed by atoms with Gasteiger partial charge in [-0.05, 0) is 44.5 Å². The molecule has 1 heterocycles. The van der Waals surface area contributed by atoms with E-state index in [2.05, 4.69) is 5.32 Å². The summed E-state index contributed by atoms with van der Waals surface area (Å²) in [5.74, 6) is -1.40. The lowest BCUT2D eigenvalue weighted by atomic mass is 10.1. The van der Waals surface area contributed by atoms with Crippen molar-refractivity contribution in [2.24, 2.45) is 0 Å². The Hall–Kier alpha value is -3.15. The highest BCUT2D eigenvalue weighted by molar-refractivity contribution is 5.97. The summed E-state index contributed by atoms with van der Waals surface area (Å²) in [6, 6.07) is 12.8. The second kappa shape index (κ2) is 7.61. The summed E-state index contributed by atoms with van der Waals surface area (Å²) in [7, 11) is 0. The van der Waals surface area contributed by atoms with Crippen molar-refractivity contribution < 1.29 is 23.1 Å². The van der Waals surface area contributed by atoms with Gasteiger partial charge in [-0.2, -0.15) is 0 Å². The minimum absolute atomic E-state index is 0.0856. The zero-order valence-corrected chi connectivity index (χ0v) is 15.3. The van der Waals surface area contributed by atoms with Gasteiger partial charge in [-0.25, -0.2) is 9.18 Å². The van der Waals surface area contributed by atoms with Crippen LogP contribution in [0, 0.1) is 12.7 Å². The standard InChI is InChI=1S/C21H20FNO4/c1-12-17-6-4-5-7-18(17)27-19(12)21(25)26-14(3)20(24)23-13(2)15-8-10-16(22)11-9-15/h4-11,13-14H,1-3H3,(H,23,24)/t13-,14+/m1/s1. The number of esters is 1. The van der Waals surface area contributed by atoms with E-state index in [0.29, 0.717) is 11.1 Å². The smallest absolute Gasteiger partial charge is 0.375 e. The molecule has 0 saturated carbocycles. The maximum absolute atomic E-state index is 13.0. The van der Waals surface area contributed by atoms with E-state index >= 15 is 0 Å². The van der Waals surface area contributed by atoms with Gasteiger partial charge in [0.05, 0.1) is 6.04 Å². The maximum atomic E-state index is 13.0. The summed E-state index contributed by atoms with van der Waals surface area (Å²) in [5, 5.41) is 3.57. The molecule has 0 aliphatic rings. The largest absolute Gasteiger partial charge is 0.449 e. The molecule has 0 aliphatic heterocycles. The molecule has 6 heteroatoms. The molecule has 140 valence electrons. The first kappa shape index (κ1) is 18.6. The van der Waals surface area contributed by atoms with Crippen molar-refractivity contribution in [1.82, 2.24) is 5.32 Å². The number of carbonyl (C=O) groups is 2. The molecule has 2 aromatic carbocycles. The van der Waals surface area contributed by atoms with Gasteiger partial charge in [-0.15, -0.1) is 0 Å². The molecule has 0 bridgehead atoms. The van der Waals surface area contributed by atoms with E-state index in [4.69, 9.17) is 9.15 Å². The average molecular weight is 369 g/mol. The molecular formula is C21H20FNO4. The monoisotopic (exact) mass is 369 g/mol. The lowest BCUT2D eigenvalue weighted by Gasteiger charge is -2.18. The quantitative estimate of drug-likeness (QED) is 0.681. The fourth-order valence-electron chi connectivity index (χ4n) is 2.80. The van der Waals surface area contributed by atoms with Crippen LogP contribution in [-0.4, -0.2) is 18.0 Å². The van der Waals surface area contributed by atoms with Crippen LogP contribution in [0.15, 0.2) is 52.9 Å². The maximum Gasteiger partial charge on any atom is 0.375 e. The number of fused-ring (bicyclic) bond motifs is 1. The van der Waals surface area contributed by atoms with Gasteiger partial charge in [-0.3, -0.25) is 4.79 Å². The van der Waals surface area contributed by atoms with Crippen LogP contribution in [0.4, 0.5) is 4.39 Å². The number of hydrogen-bond donors (Lipinski definition) is 1. The number of rotatable bonds is 5. The number of aryl methyl sites for hydroxylation is 1. The van der Waals surface area contributed by atoms with Gasteiger partial charge < -0.3 is 14.5 Å². The summed E-state index contributed by atoms with van der Waals surface area (Å²) >= 11 is 0. The second-order valence-corrected chi connectivity index (χ2v) is 6.38. The van der Waals surface area contributed by atoms with E-state index in [1.807, 2.05) is 18.2 Å². The topological polar surface area (TPSA) is 68.5 Å². The third kappa shape index (κ3) is 4.00. The first-order valence-corrected chi connectivity index (χ1v) is 8.61. The highest BCUT2D eigenvalue weighted by Crippen LogP contribution is 2.25. The number of carbonyl (C=O) groups excluding carboxylic acids is 2. The molecule has 1 amide bonds. The number of nitrogens with one attached hydrogen (secondary N) is 1. The van der Waals surface area contributed by atoms with E-state index < -0.39 is 18.0 Å². The molecule has 0 fully saturated rings. The number of furan rings is 1. The first-order chi connectivity index (χ1) is 12.9. The predicted octanol–water partition coefficient (Wildman–Crippen LogP) is 4.30. The molecule has 0 radical (unpaired) electrons. The molecule has 0 aliphatic carbocycles. The van der Waals surface area contributed by atoms with E-state index in [1.54, 1.807) is 32.0 Å². The lowest BCUT2D eigenvalue weighted by molar-refractivity contribution is -0.129. The number of para-hydroxylation sites is 1. The van der Waals surface area contributed by atoms with Crippen molar-refractivity contribution in [1.29, 1.82) is 0 Å². The van der Waals surface area contributed by atoms with Crippen molar-refractivity contribution in [3.63, 3.8) is 0 Å². The van der Waals surface area contributed by atoms with E-state index in [-0.39, 0.29) is 17.6 Å². The second-order valence-electron chi connectivity index (χ2n) is 6.38. The highest BCUT2D eigenvalue weighted by Gasteiger charge is 2.25. The van der Waals surface area contributed by atoms with Crippen LogP contribution in [0.1, 0.15) is 41.6 Å². The van der Waals surface area contributed by atoms with Crippen molar-refractivity contribution in [3.8, 4) is 0 Å². The Morgan fingerprint density at radius 1 is 1.07 bits per heavy atom. The van der Waals surface area contributed by atoms with Gasteiger partial charge in [-0.1, -0.05) is 30.3 Å². The Kier molecular flexibility index (Phi) is 5.26. The SMILES string of the molecule is Cc1c(C(=O)O[C@@H](C)C(=O)N[C@H](C)c2ccc(F)cc2)oc2ccccc12. The van der Waals surface area contributed by atoms with Crippen LogP contribution in [0.2, 0.25) is 0 Å². The molecule has 2 atom stereocenters. The zero-order valence-electron chi connectivity index (χ0n) is 15.3. The number of ether oxygens (including phenoxy) is 1. The minimum Gasteiger partial charge on any atom is -0.449 e. The number of halogens is 1. The Morgan fingerprint density at radius 2 is 1.74 bits per heavy atom. The fraction of sp³-hybridized carbons (Fsp3) is 0.238. The molecule has 5 nitrogen and oxygen atoms in total. The van der Waals surface area contributed by atoms with Gasteiger partial charge in [0.1, 0.15) is 11.4 Å². The van der Waals surface area contributed by atoms with Gasteiger partial charge in [0, 0.05) is 10.9 Å². The van der Waals surface area contributed by atoms with Crippen LogP contribution < -0.4 is 5.32 Å². The van der Waals surface area contributed by atoms with Crippen molar-refractivity contribution in [2.75, 3.05) is 0 Å². The first-order valence-electron chi connectivity index (χ1n) is 8.61. The highest BCUT2D eigenvalue weighted by atomic mass is 19.1. The summed E-state index contributed by atoms with van der Waals surface area (Å²) in [4.78, 5) is 24.7. The molecule has 1 aromatic heterocycles. The molecular weight excluding hydrogens is 349 g/mol. The molecule has 3 aromatic rings. The van der Waals surface area contributed by atoms with Crippen LogP contribution in [0.3, 0.4) is 0 Å². The van der Waals surface area contributed by atoms with Crippen LogP contribution in [0.25, 0.3) is 11.0 Å². The van der Waals surface area contributed by atoms with Gasteiger partial charge >= 0.3 is 5.97 Å². The van der Waals surface area contributed by atoms with Crippen molar-refractivity contribution in [2.45, 2.75) is 32.9 Å². The minimum atomic E-state index is -1.01. The van der Waals surface area contributed by atoms with Gasteiger partial charge in [0.15, 0.2) is 6.10 Å². The summed E-state index contributed by atoms with van der Waals surface area (Å²) < 4.78 is 23.8. The molecule has 0 spiro atoms. The Morgan fingerprint density at radius 3 is 2.41 bits per heavy atom. The third-order valence-corrected chi connectivity index (χ3v) is 4.41. The third-order valence-electron chi connectivity index (χ3n) is 4.41. The molecule has 3 rings (SSSR count). The van der Waals surface area contributed by atoms with Gasteiger partial charge in [0.2, 0.25) is 5.76 Å². The van der Waals surface area contributed by atoms with Crippen LogP contribution in [-0.2, 0) is 9.53 Å². The normalized spacial score (nSPS) is 13.2. The Labute approximate surface area is 156 Å². The molecule has 0 saturated heterocycles. The Balaban J connectivity index is 1.65. The number of hydrogen-bond acceptors (Lipinski definition) is 4. The molecule has 27 heavy (non-hydrogen) atoms. The summed E-state index contributed by atoms with van der Waals surface area (Å²) in [6.07, 6.45) is -1.01. The molecule has 0 unspecified atom stereocenters. The van der Waals surface area contributed by atoms with Crippen LogP contribution in [0.5, 0.6) is 0 Å². The van der Waals surface area contributed by atoms with Crippen molar-refractivity contribution >= 4 is 22.8 Å².